The Labute approximate surface area is 171 Å². The number of hydrogen-bond acceptors (Lipinski definition) is 3. The lowest BCUT2D eigenvalue weighted by Gasteiger charge is -2.30. The molecule has 1 aliphatic rings. The van der Waals surface area contributed by atoms with Crippen LogP contribution in [0.15, 0.2) is 77.4 Å². The highest BCUT2D eigenvalue weighted by Gasteiger charge is 2.34. The van der Waals surface area contributed by atoms with Crippen molar-refractivity contribution in [2.24, 2.45) is 0 Å². The van der Waals surface area contributed by atoms with Crippen LogP contribution in [-0.2, 0) is 16.1 Å². The number of benzene rings is 2. The van der Waals surface area contributed by atoms with Gasteiger partial charge >= 0.3 is 0 Å². The lowest BCUT2D eigenvalue weighted by molar-refractivity contribution is -0.124. The monoisotopic (exact) mass is 435 g/mol. The van der Waals surface area contributed by atoms with Crippen molar-refractivity contribution in [1.82, 2.24) is 4.98 Å². The van der Waals surface area contributed by atoms with Crippen molar-refractivity contribution in [1.29, 1.82) is 0 Å². The minimum Gasteiger partial charge on any atom is -0.326 e. The van der Waals surface area contributed by atoms with Crippen molar-refractivity contribution in [2.75, 3.05) is 10.2 Å². The van der Waals surface area contributed by atoms with E-state index in [1.54, 1.807) is 11.1 Å². The summed E-state index contributed by atoms with van der Waals surface area (Å²) < 4.78 is 0.934. The summed E-state index contributed by atoms with van der Waals surface area (Å²) in [6, 6.07) is 20.7. The maximum atomic E-state index is 13.6. The summed E-state index contributed by atoms with van der Waals surface area (Å²) in [6.07, 6.45) is 1.84. The average molecular weight is 436 g/mol. The first kappa shape index (κ1) is 18.4. The zero-order chi connectivity index (χ0) is 19.5. The van der Waals surface area contributed by atoms with Gasteiger partial charge in [-0.15, -0.1) is 0 Å². The first-order chi connectivity index (χ1) is 13.6. The Morgan fingerprint density at radius 2 is 1.82 bits per heavy atom. The Bertz CT molecular complexity index is 1010. The van der Waals surface area contributed by atoms with Crippen molar-refractivity contribution in [3.05, 3.63) is 88.7 Å². The number of fused-ring (bicyclic) bond motifs is 1. The number of pyridine rings is 1. The third kappa shape index (κ3) is 3.82. The van der Waals surface area contributed by atoms with Crippen molar-refractivity contribution in [3.8, 4) is 0 Å². The fraction of sp³-hybridized carbons (Fsp3) is 0.136. The van der Waals surface area contributed by atoms with Crippen LogP contribution in [0.25, 0.3) is 0 Å². The molecule has 0 fully saturated rings. The molecule has 140 valence electrons. The van der Waals surface area contributed by atoms with Gasteiger partial charge in [0, 0.05) is 28.5 Å². The molecule has 2 amide bonds. The first-order valence-electron chi connectivity index (χ1n) is 8.97. The van der Waals surface area contributed by atoms with Crippen LogP contribution in [0.5, 0.6) is 0 Å². The second kappa shape index (κ2) is 7.94. The maximum absolute atomic E-state index is 13.6. The number of carbonyl (C=O) groups excluding carboxylic acids is 2. The normalized spacial score (nSPS) is 15.5. The molecule has 0 spiro atoms. The molecule has 0 saturated heterocycles. The van der Waals surface area contributed by atoms with Gasteiger partial charge < -0.3 is 10.2 Å². The number of anilines is 2. The lowest BCUT2D eigenvalue weighted by atomic mass is 9.89. The maximum Gasteiger partial charge on any atom is 0.235 e. The van der Waals surface area contributed by atoms with E-state index in [1.165, 1.54) is 0 Å². The van der Waals surface area contributed by atoms with Gasteiger partial charge in [-0.3, -0.25) is 14.6 Å². The zero-order valence-corrected chi connectivity index (χ0v) is 16.6. The van der Waals surface area contributed by atoms with E-state index >= 15 is 0 Å². The molecule has 0 bridgehead atoms. The Morgan fingerprint density at radius 1 is 1.07 bits per heavy atom. The average Bonchev–Trinajstić information content (AvgIpc) is 2.72. The molecule has 1 N–H and O–H groups in total. The number of aromatic nitrogens is 1. The van der Waals surface area contributed by atoms with Crippen LogP contribution >= 0.6 is 15.9 Å². The van der Waals surface area contributed by atoms with Crippen molar-refractivity contribution in [2.45, 2.75) is 18.9 Å². The fourth-order valence-electron chi connectivity index (χ4n) is 3.39. The molecule has 3 aromatic rings. The molecule has 1 aliphatic heterocycles. The van der Waals surface area contributed by atoms with Gasteiger partial charge in [0.1, 0.15) is 0 Å². The fourth-order valence-corrected chi connectivity index (χ4v) is 3.66. The molecule has 0 aliphatic carbocycles. The Balaban J connectivity index is 1.72. The summed E-state index contributed by atoms with van der Waals surface area (Å²) in [6.45, 7) is 0.335. The highest BCUT2D eigenvalue weighted by molar-refractivity contribution is 9.10. The van der Waals surface area contributed by atoms with E-state index in [9.17, 15) is 9.59 Å². The summed E-state index contributed by atoms with van der Waals surface area (Å²) in [5, 5.41) is 2.85. The predicted octanol–water partition coefficient (Wildman–Crippen LogP) is 4.50. The van der Waals surface area contributed by atoms with Crippen LogP contribution in [0.4, 0.5) is 11.4 Å². The van der Waals surface area contributed by atoms with Gasteiger partial charge in [-0.25, -0.2) is 0 Å². The number of para-hydroxylation sites is 1. The zero-order valence-electron chi connectivity index (χ0n) is 15.0. The van der Waals surface area contributed by atoms with E-state index in [0.29, 0.717) is 12.2 Å². The number of nitrogens with zero attached hydrogens (tertiary/aromatic N) is 2. The van der Waals surface area contributed by atoms with Crippen LogP contribution in [0, 0.1) is 0 Å². The Hall–Kier alpha value is -2.99. The Morgan fingerprint density at radius 3 is 2.57 bits per heavy atom. The van der Waals surface area contributed by atoms with Crippen LogP contribution in [-0.4, -0.2) is 16.8 Å². The topological polar surface area (TPSA) is 62.3 Å². The summed E-state index contributed by atoms with van der Waals surface area (Å²) >= 11 is 3.44. The van der Waals surface area contributed by atoms with Crippen LogP contribution < -0.4 is 10.2 Å². The summed E-state index contributed by atoms with van der Waals surface area (Å²) in [5.41, 5.74) is 3.09. The van der Waals surface area contributed by atoms with Gasteiger partial charge in [-0.05, 0) is 48.0 Å². The lowest BCUT2D eigenvalue weighted by Crippen LogP contribution is -2.38. The number of hydrogen-bond donors (Lipinski definition) is 1. The number of halogens is 1. The molecule has 6 heteroatoms. The molecule has 28 heavy (non-hydrogen) atoms. The van der Waals surface area contributed by atoms with Crippen molar-refractivity contribution in [3.63, 3.8) is 0 Å². The highest BCUT2D eigenvalue weighted by atomic mass is 79.9. The molecule has 0 radical (unpaired) electrons. The second-order valence-electron chi connectivity index (χ2n) is 6.61. The van der Waals surface area contributed by atoms with Gasteiger partial charge in [0.2, 0.25) is 11.8 Å². The number of nitrogens with one attached hydrogen (secondary N) is 1. The number of amides is 2. The van der Waals surface area contributed by atoms with Crippen LogP contribution in [0.3, 0.4) is 0 Å². The quantitative estimate of drug-likeness (QED) is 0.655. The van der Waals surface area contributed by atoms with E-state index in [1.807, 2.05) is 66.7 Å². The van der Waals surface area contributed by atoms with E-state index in [0.717, 1.165) is 21.4 Å². The summed E-state index contributed by atoms with van der Waals surface area (Å²) in [5.74, 6) is -0.793. The molecule has 4 rings (SSSR count). The first-order valence-corrected chi connectivity index (χ1v) is 9.77. The predicted molar refractivity (Wildman–Crippen MR) is 112 cm³/mol. The summed E-state index contributed by atoms with van der Waals surface area (Å²) in [7, 11) is 0. The largest absolute Gasteiger partial charge is 0.326 e. The number of carbonyl (C=O) groups is 2. The smallest absolute Gasteiger partial charge is 0.235 e. The van der Waals surface area contributed by atoms with Gasteiger partial charge in [0.05, 0.1) is 18.2 Å². The minimum absolute atomic E-state index is 0.115. The molecule has 1 atom stereocenters. The van der Waals surface area contributed by atoms with E-state index in [4.69, 9.17) is 0 Å². The van der Waals surface area contributed by atoms with Crippen LogP contribution in [0.1, 0.15) is 23.6 Å². The van der Waals surface area contributed by atoms with Crippen LogP contribution in [0.2, 0.25) is 0 Å². The van der Waals surface area contributed by atoms with Crippen molar-refractivity contribution < 1.29 is 9.59 Å². The van der Waals surface area contributed by atoms with Gasteiger partial charge in [0.25, 0.3) is 0 Å². The number of rotatable bonds is 4. The van der Waals surface area contributed by atoms with Crippen molar-refractivity contribution >= 4 is 39.1 Å². The molecule has 5 nitrogen and oxygen atoms in total. The van der Waals surface area contributed by atoms with E-state index in [-0.39, 0.29) is 18.2 Å². The van der Waals surface area contributed by atoms with Gasteiger partial charge in [-0.1, -0.05) is 40.2 Å². The summed E-state index contributed by atoms with van der Waals surface area (Å²) in [4.78, 5) is 31.9. The Kier molecular flexibility index (Phi) is 5.21. The second-order valence-corrected chi connectivity index (χ2v) is 7.53. The standard InChI is InChI=1S/C22H18BrN3O2/c23-15-8-10-17(11-9-15)26(14-16-5-3-4-12-24-16)22(28)19-13-21(27)25-20-7-2-1-6-18(19)20/h1-12,19H,13-14H2,(H,25,27). The molecule has 2 heterocycles. The third-order valence-corrected chi connectivity index (χ3v) is 5.28. The minimum atomic E-state index is -0.530. The van der Waals surface area contributed by atoms with E-state index in [2.05, 4.69) is 26.2 Å². The highest BCUT2D eigenvalue weighted by Crippen LogP contribution is 2.35. The van der Waals surface area contributed by atoms with E-state index < -0.39 is 5.92 Å². The third-order valence-electron chi connectivity index (χ3n) is 4.75. The van der Waals surface area contributed by atoms with Gasteiger partial charge in [-0.2, -0.15) is 0 Å². The SMILES string of the molecule is O=C1CC(C(=O)N(Cc2ccccn2)c2ccc(Br)cc2)c2ccccc2N1. The molecular formula is C22H18BrN3O2. The molecule has 0 saturated carbocycles. The molecule has 2 aromatic carbocycles. The molecule has 1 unspecified atom stereocenters. The molecule has 1 aromatic heterocycles. The molecular weight excluding hydrogens is 418 g/mol. The van der Waals surface area contributed by atoms with Gasteiger partial charge in [0.15, 0.2) is 0 Å².